The van der Waals surface area contributed by atoms with E-state index in [2.05, 4.69) is 35.4 Å². The van der Waals surface area contributed by atoms with Gasteiger partial charge in [-0.3, -0.25) is 4.90 Å². The van der Waals surface area contributed by atoms with Crippen molar-refractivity contribution in [2.24, 2.45) is 0 Å². The Morgan fingerprint density at radius 1 is 1.62 bits per heavy atom. The number of thiophene rings is 1. The average Bonchev–Trinajstić information content (AvgIpc) is 2.64. The van der Waals surface area contributed by atoms with Crippen LogP contribution in [0.15, 0.2) is 17.5 Å². The Kier molecular flexibility index (Phi) is 4.52. The molecule has 2 nitrogen and oxygen atoms in total. The second-order valence-electron chi connectivity index (χ2n) is 2.86. The normalized spacial score (nSPS) is 10.2. The molecule has 0 N–H and O–H groups in total. The quantitative estimate of drug-likeness (QED) is 0.720. The molecule has 0 unspecified atom stereocenters. The summed E-state index contributed by atoms with van der Waals surface area (Å²) < 4.78 is 0. The van der Waals surface area contributed by atoms with Crippen molar-refractivity contribution in [2.45, 2.75) is 19.9 Å². The molecule has 0 saturated carbocycles. The van der Waals surface area contributed by atoms with Gasteiger partial charge in [-0.1, -0.05) is 13.0 Å². The van der Waals surface area contributed by atoms with Crippen molar-refractivity contribution in [1.29, 1.82) is 5.26 Å². The largest absolute Gasteiger partial charge is 0.298 e. The van der Waals surface area contributed by atoms with Crippen LogP contribution in [0.1, 0.15) is 18.2 Å². The molecule has 0 aliphatic carbocycles. The lowest BCUT2D eigenvalue weighted by Gasteiger charge is -2.17. The fourth-order valence-electron chi connectivity index (χ4n) is 1.18. The maximum absolute atomic E-state index is 8.46. The van der Waals surface area contributed by atoms with Gasteiger partial charge in [-0.25, -0.2) is 0 Å². The van der Waals surface area contributed by atoms with E-state index in [4.69, 9.17) is 5.26 Å². The lowest BCUT2D eigenvalue weighted by atomic mass is 10.3. The van der Waals surface area contributed by atoms with Gasteiger partial charge in [0.25, 0.3) is 0 Å². The number of nitriles is 1. The SMILES string of the molecule is CCN(CCC#N)Cc1cccs1. The summed E-state index contributed by atoms with van der Waals surface area (Å²) in [6, 6.07) is 6.38. The molecule has 13 heavy (non-hydrogen) atoms. The second kappa shape index (κ2) is 5.74. The smallest absolute Gasteiger partial charge is 0.0635 e. The van der Waals surface area contributed by atoms with E-state index in [0.29, 0.717) is 6.42 Å². The van der Waals surface area contributed by atoms with Crippen molar-refractivity contribution in [3.8, 4) is 6.07 Å². The summed E-state index contributed by atoms with van der Waals surface area (Å²) in [5.41, 5.74) is 0. The fraction of sp³-hybridized carbons (Fsp3) is 0.500. The molecule has 1 aromatic heterocycles. The van der Waals surface area contributed by atoms with Crippen LogP contribution < -0.4 is 0 Å². The summed E-state index contributed by atoms with van der Waals surface area (Å²) in [6.07, 6.45) is 0.624. The number of hydrogen-bond donors (Lipinski definition) is 0. The number of rotatable bonds is 5. The standard InChI is InChI=1S/C10H14N2S/c1-2-12(7-4-6-11)9-10-5-3-8-13-10/h3,5,8H,2,4,7,9H2,1H3. The topological polar surface area (TPSA) is 27.0 Å². The Morgan fingerprint density at radius 3 is 3.00 bits per heavy atom. The summed E-state index contributed by atoms with van der Waals surface area (Å²) in [6.45, 7) is 5.01. The van der Waals surface area contributed by atoms with Gasteiger partial charge < -0.3 is 0 Å². The van der Waals surface area contributed by atoms with Crippen LogP contribution >= 0.6 is 11.3 Å². The van der Waals surface area contributed by atoms with E-state index in [1.807, 2.05) is 0 Å². The van der Waals surface area contributed by atoms with Crippen molar-refractivity contribution in [3.63, 3.8) is 0 Å². The molecule has 3 heteroatoms. The predicted octanol–water partition coefficient (Wildman–Crippen LogP) is 2.48. The van der Waals surface area contributed by atoms with Crippen LogP contribution in [0.5, 0.6) is 0 Å². The molecule has 1 rings (SSSR count). The molecular formula is C10H14N2S. The molecule has 0 aliphatic heterocycles. The maximum Gasteiger partial charge on any atom is 0.0635 e. The molecule has 0 fully saturated rings. The first kappa shape index (κ1) is 10.2. The maximum atomic E-state index is 8.46. The van der Waals surface area contributed by atoms with Crippen LogP contribution in [-0.4, -0.2) is 18.0 Å². The Balaban J connectivity index is 2.36. The molecule has 1 heterocycles. The van der Waals surface area contributed by atoms with Crippen LogP contribution in [0.2, 0.25) is 0 Å². The van der Waals surface area contributed by atoms with Crippen molar-refractivity contribution >= 4 is 11.3 Å². The van der Waals surface area contributed by atoms with Gasteiger partial charge in [-0.2, -0.15) is 5.26 Å². The highest BCUT2D eigenvalue weighted by atomic mass is 32.1. The molecule has 0 aliphatic rings. The summed E-state index contributed by atoms with van der Waals surface area (Å²) >= 11 is 1.78. The van der Waals surface area contributed by atoms with Gasteiger partial charge in [0.2, 0.25) is 0 Å². The van der Waals surface area contributed by atoms with Crippen LogP contribution in [-0.2, 0) is 6.54 Å². The highest BCUT2D eigenvalue weighted by Crippen LogP contribution is 2.11. The van der Waals surface area contributed by atoms with Gasteiger partial charge >= 0.3 is 0 Å². The third kappa shape index (κ3) is 3.58. The molecule has 0 bridgehead atoms. The first-order valence-electron chi connectivity index (χ1n) is 4.48. The number of hydrogen-bond acceptors (Lipinski definition) is 3. The van der Waals surface area contributed by atoms with Gasteiger partial charge in [-0.05, 0) is 18.0 Å². The first-order valence-corrected chi connectivity index (χ1v) is 5.36. The molecule has 70 valence electrons. The zero-order valence-corrected chi connectivity index (χ0v) is 8.68. The van der Waals surface area contributed by atoms with Crippen molar-refractivity contribution in [2.75, 3.05) is 13.1 Å². The number of nitrogens with zero attached hydrogens (tertiary/aromatic N) is 2. The molecular weight excluding hydrogens is 180 g/mol. The van der Waals surface area contributed by atoms with Crippen molar-refractivity contribution < 1.29 is 0 Å². The van der Waals surface area contributed by atoms with Crippen molar-refractivity contribution in [1.82, 2.24) is 4.90 Å². The molecule has 1 aromatic rings. The first-order chi connectivity index (χ1) is 6.36. The van der Waals surface area contributed by atoms with E-state index in [1.54, 1.807) is 11.3 Å². The van der Waals surface area contributed by atoms with Gasteiger partial charge in [0, 0.05) is 24.4 Å². The Hall–Kier alpha value is -0.850. The Morgan fingerprint density at radius 2 is 2.46 bits per heavy atom. The summed E-state index contributed by atoms with van der Waals surface area (Å²) in [5, 5.41) is 10.6. The second-order valence-corrected chi connectivity index (χ2v) is 3.89. The lowest BCUT2D eigenvalue weighted by Crippen LogP contribution is -2.23. The monoisotopic (exact) mass is 194 g/mol. The lowest BCUT2D eigenvalue weighted by molar-refractivity contribution is 0.289. The molecule has 0 atom stereocenters. The van der Waals surface area contributed by atoms with E-state index in [0.717, 1.165) is 19.6 Å². The van der Waals surface area contributed by atoms with Gasteiger partial charge in [0.1, 0.15) is 0 Å². The van der Waals surface area contributed by atoms with Crippen LogP contribution in [0, 0.1) is 11.3 Å². The summed E-state index contributed by atoms with van der Waals surface area (Å²) in [4.78, 5) is 3.66. The Bertz CT molecular complexity index is 261. The minimum absolute atomic E-state index is 0.624. The molecule has 0 amide bonds. The fourth-order valence-corrected chi connectivity index (χ4v) is 1.93. The van der Waals surface area contributed by atoms with Crippen LogP contribution in [0.25, 0.3) is 0 Å². The van der Waals surface area contributed by atoms with Crippen molar-refractivity contribution in [3.05, 3.63) is 22.4 Å². The minimum atomic E-state index is 0.624. The molecule has 0 spiro atoms. The van der Waals surface area contributed by atoms with E-state index < -0.39 is 0 Å². The van der Waals surface area contributed by atoms with E-state index in [9.17, 15) is 0 Å². The highest BCUT2D eigenvalue weighted by molar-refractivity contribution is 7.09. The third-order valence-corrected chi connectivity index (χ3v) is 2.81. The van der Waals surface area contributed by atoms with Gasteiger partial charge in [0.05, 0.1) is 6.07 Å². The average molecular weight is 194 g/mol. The predicted molar refractivity (Wildman–Crippen MR) is 55.5 cm³/mol. The van der Waals surface area contributed by atoms with E-state index in [-0.39, 0.29) is 0 Å². The highest BCUT2D eigenvalue weighted by Gasteiger charge is 2.02. The third-order valence-electron chi connectivity index (χ3n) is 1.95. The minimum Gasteiger partial charge on any atom is -0.298 e. The van der Waals surface area contributed by atoms with Gasteiger partial charge in [-0.15, -0.1) is 11.3 Å². The van der Waals surface area contributed by atoms with E-state index in [1.165, 1.54) is 4.88 Å². The van der Waals surface area contributed by atoms with E-state index >= 15 is 0 Å². The molecule has 0 saturated heterocycles. The summed E-state index contributed by atoms with van der Waals surface area (Å²) in [5.74, 6) is 0. The van der Waals surface area contributed by atoms with Crippen LogP contribution in [0.3, 0.4) is 0 Å². The molecule has 0 aromatic carbocycles. The Labute approximate surface area is 83.4 Å². The van der Waals surface area contributed by atoms with Crippen LogP contribution in [0.4, 0.5) is 0 Å². The molecule has 0 radical (unpaired) electrons. The van der Waals surface area contributed by atoms with Gasteiger partial charge in [0.15, 0.2) is 0 Å². The summed E-state index contributed by atoms with van der Waals surface area (Å²) in [7, 11) is 0. The zero-order chi connectivity index (χ0) is 9.52. The zero-order valence-electron chi connectivity index (χ0n) is 7.86.